The van der Waals surface area contributed by atoms with E-state index in [0.717, 1.165) is 38.0 Å². The van der Waals surface area contributed by atoms with Crippen LogP contribution in [0.4, 0.5) is 0 Å². The monoisotopic (exact) mass is 418 g/mol. The number of sulfone groups is 1. The molecule has 114 valence electrons. The molecule has 0 spiro atoms. The van der Waals surface area contributed by atoms with Crippen molar-refractivity contribution in [3.8, 4) is 6.07 Å². The molecule has 0 atom stereocenters. The first kappa shape index (κ1) is 16.7. The van der Waals surface area contributed by atoms with Crippen molar-refractivity contribution in [1.82, 2.24) is 4.90 Å². The SMILES string of the molecule is CS(=O)(=O)c1cccc(CN2CCC(I)(CC#N)CC2)c1. The molecule has 0 saturated carbocycles. The number of halogens is 1. The average Bonchev–Trinajstić information content (AvgIpc) is 2.41. The van der Waals surface area contributed by atoms with Gasteiger partial charge in [-0.05, 0) is 43.6 Å². The number of piperidine rings is 1. The highest BCUT2D eigenvalue weighted by Crippen LogP contribution is 2.35. The molecule has 1 aromatic carbocycles. The number of alkyl halides is 1. The van der Waals surface area contributed by atoms with Crippen molar-refractivity contribution in [2.75, 3.05) is 19.3 Å². The van der Waals surface area contributed by atoms with Crippen LogP contribution in [0.5, 0.6) is 0 Å². The first-order valence-corrected chi connectivity index (χ1v) is 9.87. The number of rotatable bonds is 4. The number of benzene rings is 1. The zero-order valence-electron chi connectivity index (χ0n) is 12.0. The number of nitrogens with zero attached hydrogens (tertiary/aromatic N) is 2. The molecule has 0 aromatic heterocycles. The number of hydrogen-bond donors (Lipinski definition) is 0. The maximum absolute atomic E-state index is 11.6. The molecule has 4 nitrogen and oxygen atoms in total. The Bertz CT molecular complexity index is 644. The standard InChI is InChI=1S/C15H19IN2O2S/c1-21(19,20)14-4-2-3-13(11-14)12-18-9-6-15(16,5-8-17)7-10-18/h2-4,11H,5-7,9-10,12H2,1H3. The summed E-state index contributed by atoms with van der Waals surface area (Å²) >= 11 is 2.42. The van der Waals surface area contributed by atoms with Gasteiger partial charge in [-0.1, -0.05) is 34.7 Å². The van der Waals surface area contributed by atoms with Crippen LogP contribution in [0.15, 0.2) is 29.2 Å². The molecule has 0 radical (unpaired) electrons. The van der Waals surface area contributed by atoms with Crippen LogP contribution >= 0.6 is 22.6 Å². The van der Waals surface area contributed by atoms with Crippen LogP contribution in [0, 0.1) is 11.3 Å². The molecule has 6 heteroatoms. The van der Waals surface area contributed by atoms with Gasteiger partial charge in [0.25, 0.3) is 0 Å². The summed E-state index contributed by atoms with van der Waals surface area (Å²) in [5.41, 5.74) is 1.03. The molecule has 2 rings (SSSR count). The molecule has 1 heterocycles. The second-order valence-corrected chi connectivity index (χ2v) is 9.99. The van der Waals surface area contributed by atoms with Crippen LogP contribution in [-0.2, 0) is 16.4 Å². The van der Waals surface area contributed by atoms with Gasteiger partial charge in [0, 0.05) is 22.6 Å². The summed E-state index contributed by atoms with van der Waals surface area (Å²) in [6, 6.07) is 9.44. The summed E-state index contributed by atoms with van der Waals surface area (Å²) in [6.07, 6.45) is 3.85. The fourth-order valence-corrected chi connectivity index (χ4v) is 3.91. The largest absolute Gasteiger partial charge is 0.299 e. The molecule has 0 N–H and O–H groups in total. The van der Waals surface area contributed by atoms with Crippen molar-refractivity contribution in [2.24, 2.45) is 0 Å². The lowest BCUT2D eigenvalue weighted by Crippen LogP contribution is -2.40. The lowest BCUT2D eigenvalue weighted by Gasteiger charge is -2.36. The maximum atomic E-state index is 11.6. The highest BCUT2D eigenvalue weighted by molar-refractivity contribution is 14.1. The van der Waals surface area contributed by atoms with Gasteiger partial charge in [0.05, 0.1) is 11.0 Å². The maximum Gasteiger partial charge on any atom is 0.175 e. The van der Waals surface area contributed by atoms with Crippen LogP contribution in [0.25, 0.3) is 0 Å². The summed E-state index contributed by atoms with van der Waals surface area (Å²) in [4.78, 5) is 2.71. The first-order chi connectivity index (χ1) is 9.82. The van der Waals surface area contributed by atoms with E-state index in [4.69, 9.17) is 5.26 Å². The Morgan fingerprint density at radius 1 is 1.38 bits per heavy atom. The molecule has 1 saturated heterocycles. The third-order valence-corrected chi connectivity index (χ3v) is 6.45. The summed E-state index contributed by atoms with van der Waals surface area (Å²) < 4.78 is 23.3. The van der Waals surface area contributed by atoms with Crippen molar-refractivity contribution in [2.45, 2.75) is 34.1 Å². The molecule has 21 heavy (non-hydrogen) atoms. The Hall–Kier alpha value is -0.650. The molecule has 1 aliphatic rings. The molecular weight excluding hydrogens is 399 g/mol. The van der Waals surface area contributed by atoms with Crippen molar-refractivity contribution in [1.29, 1.82) is 5.26 Å². The lowest BCUT2D eigenvalue weighted by atomic mass is 9.94. The fourth-order valence-electron chi connectivity index (χ4n) is 2.56. The molecule has 1 fully saturated rings. The Labute approximate surface area is 140 Å². The van der Waals surface area contributed by atoms with Gasteiger partial charge < -0.3 is 0 Å². The van der Waals surface area contributed by atoms with Crippen molar-refractivity contribution >= 4 is 32.4 Å². The molecule has 1 aromatic rings. The zero-order chi connectivity index (χ0) is 15.5. The Morgan fingerprint density at radius 3 is 2.62 bits per heavy atom. The van der Waals surface area contributed by atoms with Crippen molar-refractivity contribution in [3.63, 3.8) is 0 Å². The Kier molecular flexibility index (Phi) is 5.28. The molecule has 1 aliphatic heterocycles. The average molecular weight is 418 g/mol. The van der Waals surface area contributed by atoms with Crippen LogP contribution in [0.3, 0.4) is 0 Å². The summed E-state index contributed by atoms with van der Waals surface area (Å²) in [7, 11) is -3.15. The van der Waals surface area contributed by atoms with Gasteiger partial charge in [-0.2, -0.15) is 5.26 Å². The van der Waals surface area contributed by atoms with Crippen molar-refractivity contribution < 1.29 is 8.42 Å². The minimum absolute atomic E-state index is 0.109. The predicted octanol–water partition coefficient (Wildman–Crippen LogP) is 2.77. The third kappa shape index (κ3) is 4.66. The van der Waals surface area contributed by atoms with Crippen molar-refractivity contribution in [3.05, 3.63) is 29.8 Å². The van der Waals surface area contributed by atoms with Gasteiger partial charge in [-0.15, -0.1) is 0 Å². The molecular formula is C15H19IN2O2S. The Morgan fingerprint density at radius 2 is 2.05 bits per heavy atom. The minimum atomic E-state index is -3.15. The smallest absolute Gasteiger partial charge is 0.175 e. The second-order valence-electron chi connectivity index (χ2n) is 5.68. The minimum Gasteiger partial charge on any atom is -0.299 e. The summed E-state index contributed by atoms with van der Waals surface area (Å²) in [6.45, 7) is 2.67. The van der Waals surface area contributed by atoms with Gasteiger partial charge in [0.15, 0.2) is 9.84 Å². The van der Waals surface area contributed by atoms with Crippen LogP contribution < -0.4 is 0 Å². The Balaban J connectivity index is 2.00. The van der Waals surface area contributed by atoms with E-state index >= 15 is 0 Å². The highest BCUT2D eigenvalue weighted by Gasteiger charge is 2.31. The van der Waals surface area contributed by atoms with Gasteiger partial charge in [0.2, 0.25) is 0 Å². The zero-order valence-corrected chi connectivity index (χ0v) is 15.0. The molecule has 0 unspecified atom stereocenters. The van der Waals surface area contributed by atoms with E-state index < -0.39 is 9.84 Å². The van der Waals surface area contributed by atoms with E-state index in [0.29, 0.717) is 11.3 Å². The van der Waals surface area contributed by atoms with E-state index in [1.165, 1.54) is 6.26 Å². The van der Waals surface area contributed by atoms with E-state index in [9.17, 15) is 8.42 Å². The highest BCUT2D eigenvalue weighted by atomic mass is 127. The van der Waals surface area contributed by atoms with E-state index in [1.54, 1.807) is 18.2 Å². The number of likely N-dealkylation sites (tertiary alicyclic amines) is 1. The van der Waals surface area contributed by atoms with Gasteiger partial charge >= 0.3 is 0 Å². The van der Waals surface area contributed by atoms with E-state index in [1.807, 2.05) is 6.07 Å². The van der Waals surface area contributed by atoms with Gasteiger partial charge in [-0.3, -0.25) is 4.90 Å². The molecule has 0 amide bonds. The molecule has 0 aliphatic carbocycles. The fraction of sp³-hybridized carbons (Fsp3) is 0.533. The van der Waals surface area contributed by atoms with E-state index in [-0.39, 0.29) is 3.42 Å². The van der Waals surface area contributed by atoms with Crippen LogP contribution in [-0.4, -0.2) is 36.1 Å². The van der Waals surface area contributed by atoms with Gasteiger partial charge in [0.1, 0.15) is 0 Å². The number of hydrogen-bond acceptors (Lipinski definition) is 4. The first-order valence-electron chi connectivity index (χ1n) is 6.90. The summed E-state index contributed by atoms with van der Waals surface area (Å²) in [5, 5.41) is 8.87. The number of nitriles is 1. The third-order valence-electron chi connectivity index (χ3n) is 3.88. The normalized spacial score (nSPS) is 19.1. The van der Waals surface area contributed by atoms with Crippen LogP contribution in [0.2, 0.25) is 0 Å². The molecule has 0 bridgehead atoms. The topological polar surface area (TPSA) is 61.2 Å². The van der Waals surface area contributed by atoms with E-state index in [2.05, 4.69) is 33.6 Å². The summed E-state index contributed by atoms with van der Waals surface area (Å²) in [5.74, 6) is 0. The quantitative estimate of drug-likeness (QED) is 0.558. The van der Waals surface area contributed by atoms with Crippen LogP contribution in [0.1, 0.15) is 24.8 Å². The predicted molar refractivity (Wildman–Crippen MR) is 91.0 cm³/mol. The second kappa shape index (κ2) is 6.63. The van der Waals surface area contributed by atoms with Gasteiger partial charge in [-0.25, -0.2) is 8.42 Å². The lowest BCUT2D eigenvalue weighted by molar-refractivity contribution is 0.199.